The van der Waals surface area contributed by atoms with Gasteiger partial charge in [-0.05, 0) is 6.92 Å². The Morgan fingerprint density at radius 2 is 2.09 bits per heavy atom. The van der Waals surface area contributed by atoms with Crippen LogP contribution in [0.25, 0.3) is 11.3 Å². The first-order valence-corrected chi connectivity index (χ1v) is 9.27. The highest BCUT2D eigenvalue weighted by Gasteiger charge is 2.18. The van der Waals surface area contributed by atoms with Crippen molar-refractivity contribution in [2.75, 3.05) is 11.1 Å². The van der Waals surface area contributed by atoms with E-state index in [2.05, 4.69) is 20.5 Å². The van der Waals surface area contributed by atoms with Gasteiger partial charge in [0.15, 0.2) is 9.47 Å². The molecule has 3 aromatic rings. The number of benzene rings is 1. The number of anilines is 2. The van der Waals surface area contributed by atoms with Crippen molar-refractivity contribution in [3.05, 3.63) is 35.7 Å². The largest absolute Gasteiger partial charge is 0.374 e. The summed E-state index contributed by atoms with van der Waals surface area (Å²) in [6.45, 7) is 1.81. The molecule has 0 radical (unpaired) electrons. The molecule has 0 aliphatic rings. The number of nitrogens with one attached hydrogen (secondary N) is 1. The normalized spacial score (nSPS) is 12.0. The molecule has 118 valence electrons. The van der Waals surface area contributed by atoms with Crippen LogP contribution in [0.15, 0.2) is 40.1 Å². The molecule has 0 unspecified atom stereocenters. The molecule has 1 atom stereocenters. The molecule has 1 amide bonds. The molecule has 23 heavy (non-hydrogen) atoms. The third kappa shape index (κ3) is 4.06. The molecular weight excluding hydrogens is 350 g/mol. The van der Waals surface area contributed by atoms with Gasteiger partial charge in [0, 0.05) is 10.9 Å². The molecule has 0 aliphatic heterocycles. The van der Waals surface area contributed by atoms with Gasteiger partial charge in [0.25, 0.3) is 0 Å². The maximum atomic E-state index is 12.2. The van der Waals surface area contributed by atoms with E-state index in [1.54, 1.807) is 0 Å². The van der Waals surface area contributed by atoms with Crippen molar-refractivity contribution in [1.29, 1.82) is 0 Å². The van der Waals surface area contributed by atoms with E-state index in [0.29, 0.717) is 14.6 Å². The number of carbonyl (C=O) groups excluding carboxylic acids is 1. The maximum Gasteiger partial charge on any atom is 0.239 e. The lowest BCUT2D eigenvalue weighted by Crippen LogP contribution is -2.22. The summed E-state index contributed by atoms with van der Waals surface area (Å²) in [5, 5.41) is 13.1. The fourth-order valence-corrected chi connectivity index (χ4v) is 4.26. The molecule has 2 heterocycles. The number of amides is 1. The van der Waals surface area contributed by atoms with Gasteiger partial charge >= 0.3 is 0 Å². The van der Waals surface area contributed by atoms with Crippen molar-refractivity contribution < 1.29 is 4.79 Å². The SMILES string of the molecule is C[C@@H](Sc1nnc(N)s1)C(=O)Nc1nc(-c2ccccc2)cs1. The van der Waals surface area contributed by atoms with E-state index in [4.69, 9.17) is 5.73 Å². The Balaban J connectivity index is 1.63. The van der Waals surface area contributed by atoms with Crippen molar-refractivity contribution in [2.45, 2.75) is 16.5 Å². The van der Waals surface area contributed by atoms with Gasteiger partial charge in [0.05, 0.1) is 10.9 Å². The number of nitrogens with zero attached hydrogens (tertiary/aromatic N) is 3. The Morgan fingerprint density at radius 3 is 2.78 bits per heavy atom. The van der Waals surface area contributed by atoms with Crippen LogP contribution in [0.1, 0.15) is 6.92 Å². The summed E-state index contributed by atoms with van der Waals surface area (Å²) in [6.07, 6.45) is 0. The first-order chi connectivity index (χ1) is 11.1. The number of nitrogens with two attached hydrogens (primary N) is 1. The molecule has 0 saturated carbocycles. The Bertz CT molecular complexity index is 802. The van der Waals surface area contributed by atoms with E-state index in [1.165, 1.54) is 34.4 Å². The minimum atomic E-state index is -0.313. The summed E-state index contributed by atoms with van der Waals surface area (Å²) < 4.78 is 0.675. The second-order valence-corrected chi connectivity index (χ2v) is 8.01. The predicted octanol–water partition coefficient (Wildman–Crippen LogP) is 3.36. The molecule has 9 heteroatoms. The minimum absolute atomic E-state index is 0.127. The molecule has 0 bridgehead atoms. The van der Waals surface area contributed by atoms with Crippen LogP contribution in [-0.2, 0) is 4.79 Å². The molecule has 0 fully saturated rings. The van der Waals surface area contributed by atoms with Gasteiger partial charge in [0.1, 0.15) is 0 Å². The van der Waals surface area contributed by atoms with E-state index in [0.717, 1.165) is 11.3 Å². The Kier molecular flexibility index (Phi) is 4.89. The molecule has 2 aromatic heterocycles. The number of aromatic nitrogens is 3. The van der Waals surface area contributed by atoms with E-state index >= 15 is 0 Å². The molecule has 3 N–H and O–H groups in total. The van der Waals surface area contributed by atoms with Crippen molar-refractivity contribution in [3.8, 4) is 11.3 Å². The third-order valence-electron chi connectivity index (χ3n) is 2.87. The number of nitrogen functional groups attached to an aromatic ring is 1. The van der Waals surface area contributed by atoms with Crippen molar-refractivity contribution in [3.63, 3.8) is 0 Å². The topological polar surface area (TPSA) is 93.8 Å². The number of hydrogen-bond acceptors (Lipinski definition) is 8. The number of thiazole rings is 1. The molecule has 0 saturated heterocycles. The Labute approximate surface area is 145 Å². The van der Waals surface area contributed by atoms with Crippen LogP contribution in [-0.4, -0.2) is 26.3 Å². The van der Waals surface area contributed by atoms with Gasteiger partial charge in [-0.25, -0.2) is 4.98 Å². The van der Waals surface area contributed by atoms with Crippen LogP contribution in [0, 0.1) is 0 Å². The van der Waals surface area contributed by atoms with Gasteiger partial charge in [-0.2, -0.15) is 0 Å². The van der Waals surface area contributed by atoms with Crippen LogP contribution >= 0.6 is 34.4 Å². The van der Waals surface area contributed by atoms with Gasteiger partial charge < -0.3 is 11.1 Å². The smallest absolute Gasteiger partial charge is 0.239 e. The van der Waals surface area contributed by atoms with Gasteiger partial charge in [-0.3, -0.25) is 4.79 Å². The predicted molar refractivity (Wildman–Crippen MR) is 95.8 cm³/mol. The summed E-state index contributed by atoms with van der Waals surface area (Å²) in [6, 6.07) is 9.84. The van der Waals surface area contributed by atoms with Crippen LogP contribution in [0.3, 0.4) is 0 Å². The molecule has 0 aliphatic carbocycles. The lowest BCUT2D eigenvalue weighted by Gasteiger charge is -2.07. The maximum absolute atomic E-state index is 12.2. The quantitative estimate of drug-likeness (QED) is 0.675. The van der Waals surface area contributed by atoms with E-state index in [9.17, 15) is 4.79 Å². The molecule has 6 nitrogen and oxygen atoms in total. The zero-order chi connectivity index (χ0) is 16.2. The van der Waals surface area contributed by atoms with Crippen molar-refractivity contribution in [1.82, 2.24) is 15.2 Å². The number of carbonyl (C=O) groups is 1. The first-order valence-electron chi connectivity index (χ1n) is 6.69. The standard InChI is InChI=1S/C14H13N5OS3/c1-8(22-14-19-18-12(15)23-14)11(20)17-13-16-10(7-21-13)9-5-3-2-4-6-9/h2-8H,1H3,(H2,15,18)(H,16,17,20)/t8-/m1/s1. The molecule has 3 rings (SSSR count). The zero-order valence-electron chi connectivity index (χ0n) is 12.1. The summed E-state index contributed by atoms with van der Waals surface area (Å²) in [5.41, 5.74) is 7.41. The minimum Gasteiger partial charge on any atom is -0.374 e. The van der Waals surface area contributed by atoms with Gasteiger partial charge in [-0.1, -0.05) is 53.4 Å². The summed E-state index contributed by atoms with van der Waals surface area (Å²) >= 11 is 3.99. The highest BCUT2D eigenvalue weighted by atomic mass is 32.2. The van der Waals surface area contributed by atoms with Crippen LogP contribution in [0.4, 0.5) is 10.3 Å². The van der Waals surface area contributed by atoms with Gasteiger partial charge in [0.2, 0.25) is 11.0 Å². The lowest BCUT2D eigenvalue weighted by molar-refractivity contribution is -0.115. The Hall–Kier alpha value is -1.97. The van der Waals surface area contributed by atoms with E-state index < -0.39 is 0 Å². The second kappa shape index (κ2) is 7.07. The number of rotatable bonds is 5. The highest BCUT2D eigenvalue weighted by Crippen LogP contribution is 2.29. The highest BCUT2D eigenvalue weighted by molar-refractivity contribution is 8.02. The number of hydrogen-bond donors (Lipinski definition) is 2. The average Bonchev–Trinajstić information content (AvgIpc) is 3.17. The fourth-order valence-electron chi connectivity index (χ4n) is 1.75. The monoisotopic (exact) mass is 363 g/mol. The van der Waals surface area contributed by atoms with Crippen LogP contribution in [0.5, 0.6) is 0 Å². The second-order valence-electron chi connectivity index (χ2n) is 4.56. The van der Waals surface area contributed by atoms with Crippen LogP contribution in [0.2, 0.25) is 0 Å². The van der Waals surface area contributed by atoms with E-state index in [1.807, 2.05) is 42.6 Å². The number of thioether (sulfide) groups is 1. The molecular formula is C14H13N5OS3. The average molecular weight is 363 g/mol. The van der Waals surface area contributed by atoms with Gasteiger partial charge in [-0.15, -0.1) is 21.5 Å². The summed E-state index contributed by atoms with van der Waals surface area (Å²) in [4.78, 5) is 16.7. The zero-order valence-corrected chi connectivity index (χ0v) is 14.5. The first kappa shape index (κ1) is 15.9. The summed E-state index contributed by atoms with van der Waals surface area (Å²) in [7, 11) is 0. The van der Waals surface area contributed by atoms with Crippen LogP contribution < -0.4 is 11.1 Å². The molecule has 1 aromatic carbocycles. The fraction of sp³-hybridized carbons (Fsp3) is 0.143. The van der Waals surface area contributed by atoms with Crippen molar-refractivity contribution >= 4 is 50.6 Å². The van der Waals surface area contributed by atoms with E-state index in [-0.39, 0.29) is 11.2 Å². The summed E-state index contributed by atoms with van der Waals surface area (Å²) in [5.74, 6) is -0.127. The molecule has 0 spiro atoms. The van der Waals surface area contributed by atoms with Crippen molar-refractivity contribution in [2.24, 2.45) is 0 Å². The Morgan fingerprint density at radius 1 is 1.30 bits per heavy atom. The lowest BCUT2D eigenvalue weighted by atomic mass is 10.2. The third-order valence-corrected chi connectivity index (χ3v) is 5.57.